The molecule has 1 N–H and O–H groups in total. The molecule has 2 aliphatic heterocycles. The van der Waals surface area contributed by atoms with Gasteiger partial charge in [-0.25, -0.2) is 0 Å². The standard InChI is InChI=1S/C20H31N3O3/c1-3-26-15-17-12-16(6-7-19(17)25-2)13-22-11-8-21-18(14-22)20(24)23-9-4-5-10-23/h6-7,12,18,21H,3-5,8-11,13-15H2,1-2H3/t18-/m1/s1. The Morgan fingerprint density at radius 1 is 1.27 bits per heavy atom. The molecule has 1 amide bonds. The first-order valence-electron chi connectivity index (χ1n) is 9.69. The summed E-state index contributed by atoms with van der Waals surface area (Å²) in [6, 6.07) is 6.20. The Balaban J connectivity index is 1.61. The summed E-state index contributed by atoms with van der Waals surface area (Å²) >= 11 is 0. The fraction of sp³-hybridized carbons (Fsp3) is 0.650. The molecule has 2 saturated heterocycles. The van der Waals surface area contributed by atoms with Crippen molar-refractivity contribution in [2.24, 2.45) is 0 Å². The van der Waals surface area contributed by atoms with Gasteiger partial charge >= 0.3 is 0 Å². The Labute approximate surface area is 156 Å². The monoisotopic (exact) mass is 361 g/mol. The zero-order valence-corrected chi connectivity index (χ0v) is 16.0. The maximum Gasteiger partial charge on any atom is 0.241 e. The van der Waals surface area contributed by atoms with Crippen LogP contribution in [0, 0.1) is 0 Å². The molecular formula is C20H31N3O3. The minimum absolute atomic E-state index is 0.0806. The number of methoxy groups -OCH3 is 1. The Bertz CT molecular complexity index is 602. The molecule has 26 heavy (non-hydrogen) atoms. The van der Waals surface area contributed by atoms with Crippen molar-refractivity contribution in [3.05, 3.63) is 29.3 Å². The summed E-state index contributed by atoms with van der Waals surface area (Å²) in [4.78, 5) is 17.0. The first kappa shape index (κ1) is 19.1. The van der Waals surface area contributed by atoms with Crippen molar-refractivity contribution in [2.75, 3.05) is 46.4 Å². The van der Waals surface area contributed by atoms with Gasteiger partial charge in [0.2, 0.25) is 5.91 Å². The Kier molecular flexibility index (Phi) is 6.88. The molecule has 6 nitrogen and oxygen atoms in total. The number of carbonyl (C=O) groups excluding carboxylic acids is 1. The highest BCUT2D eigenvalue weighted by molar-refractivity contribution is 5.82. The third kappa shape index (κ3) is 4.75. The van der Waals surface area contributed by atoms with Crippen LogP contribution in [0.4, 0.5) is 0 Å². The van der Waals surface area contributed by atoms with Gasteiger partial charge in [-0.2, -0.15) is 0 Å². The molecule has 1 atom stereocenters. The second-order valence-corrected chi connectivity index (χ2v) is 7.06. The number of likely N-dealkylation sites (tertiary alicyclic amines) is 1. The summed E-state index contributed by atoms with van der Waals surface area (Å²) in [5, 5.41) is 3.40. The van der Waals surface area contributed by atoms with Gasteiger partial charge in [0.1, 0.15) is 5.75 Å². The van der Waals surface area contributed by atoms with Gasteiger partial charge in [0.25, 0.3) is 0 Å². The molecule has 144 valence electrons. The third-order valence-corrected chi connectivity index (χ3v) is 5.19. The lowest BCUT2D eigenvalue weighted by Crippen LogP contribution is -2.57. The fourth-order valence-corrected chi connectivity index (χ4v) is 3.79. The molecule has 2 fully saturated rings. The van der Waals surface area contributed by atoms with Crippen LogP contribution in [0.1, 0.15) is 30.9 Å². The van der Waals surface area contributed by atoms with E-state index in [0.29, 0.717) is 13.2 Å². The Morgan fingerprint density at radius 3 is 2.81 bits per heavy atom. The maximum absolute atomic E-state index is 12.7. The van der Waals surface area contributed by atoms with E-state index in [2.05, 4.69) is 22.3 Å². The average molecular weight is 361 g/mol. The predicted octanol–water partition coefficient (Wildman–Crippen LogP) is 1.63. The largest absolute Gasteiger partial charge is 0.496 e. The van der Waals surface area contributed by atoms with Gasteiger partial charge in [0, 0.05) is 51.4 Å². The van der Waals surface area contributed by atoms with Crippen molar-refractivity contribution in [1.29, 1.82) is 0 Å². The number of nitrogens with zero attached hydrogens (tertiary/aromatic N) is 2. The number of hydrogen-bond donors (Lipinski definition) is 1. The summed E-state index contributed by atoms with van der Waals surface area (Å²) in [7, 11) is 1.69. The number of ether oxygens (including phenoxy) is 2. The van der Waals surface area contributed by atoms with Crippen molar-refractivity contribution in [3.63, 3.8) is 0 Å². The minimum atomic E-state index is -0.0806. The number of amides is 1. The van der Waals surface area contributed by atoms with E-state index in [9.17, 15) is 4.79 Å². The molecule has 6 heteroatoms. The second kappa shape index (κ2) is 9.35. The number of benzene rings is 1. The molecule has 0 saturated carbocycles. The van der Waals surface area contributed by atoms with Crippen LogP contribution in [0.3, 0.4) is 0 Å². The van der Waals surface area contributed by atoms with Crippen LogP contribution in [0.25, 0.3) is 0 Å². The second-order valence-electron chi connectivity index (χ2n) is 7.06. The van der Waals surface area contributed by atoms with E-state index in [4.69, 9.17) is 9.47 Å². The lowest BCUT2D eigenvalue weighted by atomic mass is 10.1. The molecule has 2 aliphatic rings. The average Bonchev–Trinajstić information content (AvgIpc) is 3.21. The van der Waals surface area contributed by atoms with Crippen LogP contribution in [-0.2, 0) is 22.7 Å². The van der Waals surface area contributed by atoms with Crippen molar-refractivity contribution in [3.8, 4) is 5.75 Å². The molecular weight excluding hydrogens is 330 g/mol. The lowest BCUT2D eigenvalue weighted by Gasteiger charge is -2.34. The van der Waals surface area contributed by atoms with E-state index in [1.165, 1.54) is 5.56 Å². The normalized spacial score (nSPS) is 21.2. The van der Waals surface area contributed by atoms with E-state index in [1.54, 1.807) is 7.11 Å². The van der Waals surface area contributed by atoms with E-state index < -0.39 is 0 Å². The maximum atomic E-state index is 12.7. The van der Waals surface area contributed by atoms with Gasteiger partial charge in [0.05, 0.1) is 19.8 Å². The van der Waals surface area contributed by atoms with Gasteiger partial charge < -0.3 is 19.7 Å². The van der Waals surface area contributed by atoms with Crippen molar-refractivity contribution in [1.82, 2.24) is 15.1 Å². The summed E-state index contributed by atoms with van der Waals surface area (Å²) in [5.41, 5.74) is 2.31. The number of carbonyl (C=O) groups is 1. The number of hydrogen-bond acceptors (Lipinski definition) is 5. The molecule has 0 spiro atoms. The van der Waals surface area contributed by atoms with Crippen LogP contribution in [0.2, 0.25) is 0 Å². The molecule has 3 rings (SSSR count). The molecule has 0 aromatic heterocycles. The van der Waals surface area contributed by atoms with Crippen molar-refractivity contribution in [2.45, 2.75) is 39.0 Å². The molecule has 0 aliphatic carbocycles. The summed E-state index contributed by atoms with van der Waals surface area (Å²) in [6.45, 7) is 8.48. The zero-order valence-electron chi connectivity index (χ0n) is 16.0. The summed E-state index contributed by atoms with van der Waals surface area (Å²) < 4.78 is 11.0. The van der Waals surface area contributed by atoms with Gasteiger partial charge in [-0.3, -0.25) is 9.69 Å². The zero-order chi connectivity index (χ0) is 18.4. The highest BCUT2D eigenvalue weighted by atomic mass is 16.5. The van der Waals surface area contributed by atoms with Crippen LogP contribution in [-0.4, -0.2) is 68.2 Å². The summed E-state index contributed by atoms with van der Waals surface area (Å²) in [6.07, 6.45) is 2.27. The topological polar surface area (TPSA) is 54.0 Å². The molecule has 2 heterocycles. The smallest absolute Gasteiger partial charge is 0.241 e. The highest BCUT2D eigenvalue weighted by Crippen LogP contribution is 2.22. The van der Waals surface area contributed by atoms with Crippen LogP contribution < -0.4 is 10.1 Å². The lowest BCUT2D eigenvalue weighted by molar-refractivity contribution is -0.133. The van der Waals surface area contributed by atoms with E-state index >= 15 is 0 Å². The van der Waals surface area contributed by atoms with Crippen molar-refractivity contribution >= 4 is 5.91 Å². The van der Waals surface area contributed by atoms with Gasteiger partial charge in [-0.15, -0.1) is 0 Å². The van der Waals surface area contributed by atoms with E-state index in [1.807, 2.05) is 17.9 Å². The van der Waals surface area contributed by atoms with E-state index in [-0.39, 0.29) is 11.9 Å². The van der Waals surface area contributed by atoms with Crippen LogP contribution in [0.15, 0.2) is 18.2 Å². The molecule has 1 aromatic carbocycles. The van der Waals surface area contributed by atoms with Gasteiger partial charge in [-0.05, 0) is 37.5 Å². The quantitative estimate of drug-likeness (QED) is 0.800. The molecule has 0 bridgehead atoms. The number of rotatable bonds is 7. The van der Waals surface area contributed by atoms with Gasteiger partial charge in [0.15, 0.2) is 0 Å². The van der Waals surface area contributed by atoms with Crippen LogP contribution >= 0.6 is 0 Å². The SMILES string of the molecule is CCOCc1cc(CN2CCN[C@@H](C(=O)N3CCCC3)C2)ccc1OC. The van der Waals surface area contributed by atoms with E-state index in [0.717, 1.165) is 63.4 Å². The third-order valence-electron chi connectivity index (χ3n) is 5.19. The van der Waals surface area contributed by atoms with Crippen LogP contribution in [0.5, 0.6) is 5.75 Å². The van der Waals surface area contributed by atoms with Crippen molar-refractivity contribution < 1.29 is 14.3 Å². The first-order chi connectivity index (χ1) is 12.7. The highest BCUT2D eigenvalue weighted by Gasteiger charge is 2.30. The fourth-order valence-electron chi connectivity index (χ4n) is 3.79. The first-order valence-corrected chi connectivity index (χ1v) is 9.69. The Morgan fingerprint density at radius 2 is 2.08 bits per heavy atom. The predicted molar refractivity (Wildman–Crippen MR) is 101 cm³/mol. The molecule has 1 aromatic rings. The van der Waals surface area contributed by atoms with Gasteiger partial charge in [-0.1, -0.05) is 6.07 Å². The molecule has 0 radical (unpaired) electrons. The number of piperazine rings is 1. The minimum Gasteiger partial charge on any atom is -0.496 e. The summed E-state index contributed by atoms with van der Waals surface area (Å²) in [5.74, 6) is 1.13. The number of nitrogens with one attached hydrogen (secondary N) is 1. The Hall–Kier alpha value is -1.63. The molecule has 0 unspecified atom stereocenters.